The minimum atomic E-state index is 0. The molecule has 0 bridgehead atoms. The zero-order valence-corrected chi connectivity index (χ0v) is 10.2. The average Bonchev–Trinajstić information content (AvgIpc) is 2.74. The lowest BCUT2D eigenvalue weighted by atomic mass is 10.0. The molecule has 4 heteroatoms. The van der Waals surface area contributed by atoms with Crippen molar-refractivity contribution in [1.82, 2.24) is 5.32 Å². The van der Waals surface area contributed by atoms with Crippen LogP contribution in [0.15, 0.2) is 18.2 Å². The summed E-state index contributed by atoms with van der Waals surface area (Å²) in [6, 6.07) is 5.98. The zero-order chi connectivity index (χ0) is 10.7. The number of rotatable bonds is 3. The summed E-state index contributed by atoms with van der Waals surface area (Å²) in [7, 11) is 0. The van der Waals surface area contributed by atoms with E-state index in [1.165, 1.54) is 6.42 Å². The van der Waals surface area contributed by atoms with E-state index in [1.54, 1.807) is 6.07 Å². The van der Waals surface area contributed by atoms with Crippen LogP contribution in [-0.4, -0.2) is 18.3 Å². The summed E-state index contributed by atoms with van der Waals surface area (Å²) < 4.78 is 5.36. The van der Waals surface area contributed by atoms with E-state index in [9.17, 15) is 5.11 Å². The highest BCUT2D eigenvalue weighted by Crippen LogP contribution is 2.36. The number of hydrogen-bond donors (Lipinski definition) is 2. The SMILES string of the molecule is CCOc1cccc([C@H]2CCCN2)c1O.Cl. The van der Waals surface area contributed by atoms with Crippen LogP contribution in [0, 0.1) is 0 Å². The first kappa shape index (κ1) is 13.1. The molecule has 1 saturated heterocycles. The first-order valence-corrected chi connectivity index (χ1v) is 5.51. The normalized spacial score (nSPS) is 19.2. The van der Waals surface area contributed by atoms with Crippen molar-refractivity contribution in [3.05, 3.63) is 23.8 Å². The molecule has 0 aliphatic carbocycles. The Labute approximate surface area is 102 Å². The van der Waals surface area contributed by atoms with E-state index in [2.05, 4.69) is 5.32 Å². The molecule has 2 N–H and O–H groups in total. The molecule has 0 saturated carbocycles. The van der Waals surface area contributed by atoms with Crippen LogP contribution < -0.4 is 10.1 Å². The second kappa shape index (κ2) is 5.97. The maximum Gasteiger partial charge on any atom is 0.162 e. The molecule has 1 aromatic rings. The molecule has 0 radical (unpaired) electrons. The Bertz CT molecular complexity index is 338. The van der Waals surface area contributed by atoms with Gasteiger partial charge in [-0.05, 0) is 32.4 Å². The number of para-hydroxylation sites is 1. The van der Waals surface area contributed by atoms with Gasteiger partial charge < -0.3 is 15.2 Å². The lowest BCUT2D eigenvalue weighted by Crippen LogP contribution is -2.13. The molecular weight excluding hydrogens is 226 g/mol. The van der Waals surface area contributed by atoms with Crippen LogP contribution >= 0.6 is 12.4 Å². The summed E-state index contributed by atoms with van der Waals surface area (Å²) in [5.74, 6) is 0.877. The number of phenolic OH excluding ortho intramolecular Hbond substituents is 1. The predicted octanol–water partition coefficient (Wildman–Crippen LogP) is 2.64. The minimum Gasteiger partial charge on any atom is -0.504 e. The number of nitrogens with one attached hydrogen (secondary N) is 1. The Hall–Kier alpha value is -0.930. The summed E-state index contributed by atoms with van der Waals surface area (Å²) in [5.41, 5.74) is 0.957. The van der Waals surface area contributed by atoms with E-state index in [4.69, 9.17) is 4.74 Å². The van der Waals surface area contributed by atoms with Crippen molar-refractivity contribution < 1.29 is 9.84 Å². The third-order valence-electron chi connectivity index (χ3n) is 2.77. The van der Waals surface area contributed by atoms with Crippen LogP contribution in [0.1, 0.15) is 31.4 Å². The molecule has 2 rings (SSSR count). The third kappa shape index (κ3) is 2.60. The topological polar surface area (TPSA) is 41.5 Å². The van der Waals surface area contributed by atoms with E-state index < -0.39 is 0 Å². The summed E-state index contributed by atoms with van der Waals surface area (Å²) >= 11 is 0. The van der Waals surface area contributed by atoms with Crippen molar-refractivity contribution in [3.63, 3.8) is 0 Å². The molecule has 3 nitrogen and oxygen atoms in total. The zero-order valence-electron chi connectivity index (χ0n) is 9.40. The lowest BCUT2D eigenvalue weighted by Gasteiger charge is -2.15. The standard InChI is InChI=1S/C12H17NO2.ClH/c1-2-15-11-7-3-5-9(12(11)14)10-6-4-8-13-10;/h3,5,7,10,13-14H,2,4,6,8H2,1H3;1H/t10-;/m1./s1. The Balaban J connectivity index is 0.00000128. The van der Waals surface area contributed by atoms with Crippen LogP contribution in [0.4, 0.5) is 0 Å². The fraction of sp³-hybridized carbons (Fsp3) is 0.500. The van der Waals surface area contributed by atoms with Crippen molar-refractivity contribution in [3.8, 4) is 11.5 Å². The lowest BCUT2D eigenvalue weighted by molar-refractivity contribution is 0.315. The van der Waals surface area contributed by atoms with Gasteiger partial charge in [0, 0.05) is 11.6 Å². The van der Waals surface area contributed by atoms with Crippen molar-refractivity contribution in [2.75, 3.05) is 13.2 Å². The van der Waals surface area contributed by atoms with Gasteiger partial charge in [0.05, 0.1) is 6.61 Å². The average molecular weight is 244 g/mol. The highest BCUT2D eigenvalue weighted by Gasteiger charge is 2.20. The Morgan fingerprint density at radius 3 is 2.94 bits per heavy atom. The molecule has 0 amide bonds. The molecule has 0 aromatic heterocycles. The van der Waals surface area contributed by atoms with Crippen LogP contribution in [0.25, 0.3) is 0 Å². The molecule has 0 spiro atoms. The monoisotopic (exact) mass is 243 g/mol. The van der Waals surface area contributed by atoms with Gasteiger partial charge in [-0.3, -0.25) is 0 Å². The van der Waals surface area contributed by atoms with Crippen molar-refractivity contribution in [1.29, 1.82) is 0 Å². The second-order valence-electron chi connectivity index (χ2n) is 3.78. The van der Waals surface area contributed by atoms with Gasteiger partial charge in [-0.1, -0.05) is 12.1 Å². The largest absolute Gasteiger partial charge is 0.504 e. The molecule has 90 valence electrons. The van der Waals surface area contributed by atoms with E-state index >= 15 is 0 Å². The van der Waals surface area contributed by atoms with Crippen LogP contribution in [0.2, 0.25) is 0 Å². The molecule has 1 fully saturated rings. The second-order valence-corrected chi connectivity index (χ2v) is 3.78. The predicted molar refractivity (Wildman–Crippen MR) is 66.5 cm³/mol. The molecule has 1 atom stereocenters. The van der Waals surface area contributed by atoms with Gasteiger partial charge >= 0.3 is 0 Å². The van der Waals surface area contributed by atoms with Gasteiger partial charge in [-0.25, -0.2) is 0 Å². The number of halogens is 1. The highest BCUT2D eigenvalue weighted by molar-refractivity contribution is 5.85. The number of phenols is 1. The molecule has 1 aromatic carbocycles. The van der Waals surface area contributed by atoms with Gasteiger partial charge in [0.15, 0.2) is 11.5 Å². The van der Waals surface area contributed by atoms with Crippen molar-refractivity contribution in [2.45, 2.75) is 25.8 Å². The van der Waals surface area contributed by atoms with Gasteiger partial charge in [-0.2, -0.15) is 0 Å². The van der Waals surface area contributed by atoms with Crippen molar-refractivity contribution in [2.24, 2.45) is 0 Å². The van der Waals surface area contributed by atoms with Gasteiger partial charge in [0.25, 0.3) is 0 Å². The Kier molecular flexibility index (Phi) is 4.90. The van der Waals surface area contributed by atoms with E-state index in [0.717, 1.165) is 18.5 Å². The number of aromatic hydroxyl groups is 1. The molecular formula is C12H18ClNO2. The van der Waals surface area contributed by atoms with E-state index in [1.807, 2.05) is 19.1 Å². The fourth-order valence-corrected chi connectivity index (χ4v) is 2.04. The molecule has 0 unspecified atom stereocenters. The van der Waals surface area contributed by atoms with Crippen LogP contribution in [-0.2, 0) is 0 Å². The van der Waals surface area contributed by atoms with Crippen LogP contribution in [0.5, 0.6) is 11.5 Å². The highest BCUT2D eigenvalue weighted by atomic mass is 35.5. The summed E-state index contributed by atoms with van der Waals surface area (Å²) in [6.07, 6.45) is 2.26. The molecule has 1 heterocycles. The van der Waals surface area contributed by atoms with E-state index in [0.29, 0.717) is 18.1 Å². The Morgan fingerprint density at radius 1 is 1.50 bits per heavy atom. The molecule has 1 aliphatic heterocycles. The fourth-order valence-electron chi connectivity index (χ4n) is 2.04. The number of ether oxygens (including phenoxy) is 1. The van der Waals surface area contributed by atoms with Crippen molar-refractivity contribution >= 4 is 12.4 Å². The van der Waals surface area contributed by atoms with E-state index in [-0.39, 0.29) is 18.4 Å². The third-order valence-corrected chi connectivity index (χ3v) is 2.77. The molecule has 16 heavy (non-hydrogen) atoms. The maximum atomic E-state index is 10.0. The smallest absolute Gasteiger partial charge is 0.162 e. The minimum absolute atomic E-state index is 0. The first-order valence-electron chi connectivity index (χ1n) is 5.51. The molecule has 1 aliphatic rings. The van der Waals surface area contributed by atoms with Gasteiger partial charge in [0.2, 0.25) is 0 Å². The van der Waals surface area contributed by atoms with Gasteiger partial charge in [0.1, 0.15) is 0 Å². The van der Waals surface area contributed by atoms with Gasteiger partial charge in [-0.15, -0.1) is 12.4 Å². The first-order chi connectivity index (χ1) is 7.33. The maximum absolute atomic E-state index is 10.0. The number of benzene rings is 1. The van der Waals surface area contributed by atoms with Crippen LogP contribution in [0.3, 0.4) is 0 Å². The summed E-state index contributed by atoms with van der Waals surface area (Å²) in [6.45, 7) is 3.53. The Morgan fingerprint density at radius 2 is 2.31 bits per heavy atom. The number of hydrogen-bond acceptors (Lipinski definition) is 3. The summed E-state index contributed by atoms with van der Waals surface area (Å²) in [4.78, 5) is 0. The quantitative estimate of drug-likeness (QED) is 0.858. The summed E-state index contributed by atoms with van der Waals surface area (Å²) in [5, 5.41) is 13.4.